The molecule has 0 aliphatic rings. The lowest BCUT2D eigenvalue weighted by molar-refractivity contribution is 0.0697. The molecule has 0 fully saturated rings. The lowest BCUT2D eigenvalue weighted by Gasteiger charge is -2.24. The lowest BCUT2D eigenvalue weighted by atomic mass is 10.1. The number of carboxylic acids is 1. The van der Waals surface area contributed by atoms with Gasteiger partial charge in [0.15, 0.2) is 0 Å². The first kappa shape index (κ1) is 12.3. The Hall–Kier alpha value is -1.77. The van der Waals surface area contributed by atoms with Gasteiger partial charge in [-0.1, -0.05) is 24.3 Å². The maximum absolute atomic E-state index is 11.1. The standard InChI is InChI=1S/C13H17NO2/c1-4-14(9-10(2)3)12-8-6-5-7-11(12)13(15)16/h5-8H,2,4,9H2,1,3H3,(H,15,16). The maximum Gasteiger partial charge on any atom is 0.337 e. The molecule has 0 aliphatic carbocycles. The number of likely N-dealkylation sites (N-methyl/N-ethyl adjacent to an activating group) is 1. The van der Waals surface area contributed by atoms with Crippen LogP contribution in [0.4, 0.5) is 5.69 Å². The maximum atomic E-state index is 11.1. The summed E-state index contributed by atoms with van der Waals surface area (Å²) in [7, 11) is 0. The molecule has 0 saturated heterocycles. The van der Waals surface area contributed by atoms with Crippen molar-refractivity contribution in [1.82, 2.24) is 0 Å². The third-order valence-corrected chi connectivity index (χ3v) is 2.32. The van der Waals surface area contributed by atoms with E-state index < -0.39 is 5.97 Å². The Kier molecular flexibility index (Phi) is 4.11. The monoisotopic (exact) mass is 219 g/mol. The van der Waals surface area contributed by atoms with E-state index in [0.29, 0.717) is 12.1 Å². The molecule has 0 bridgehead atoms. The summed E-state index contributed by atoms with van der Waals surface area (Å²) in [5, 5.41) is 9.10. The molecule has 1 aromatic carbocycles. The van der Waals surface area contributed by atoms with Crippen LogP contribution in [0.25, 0.3) is 0 Å². The summed E-state index contributed by atoms with van der Waals surface area (Å²) in [5.41, 5.74) is 2.10. The van der Waals surface area contributed by atoms with Gasteiger partial charge in [0.05, 0.1) is 11.3 Å². The van der Waals surface area contributed by atoms with Gasteiger partial charge in [0, 0.05) is 13.1 Å². The number of carboxylic acid groups (broad SMARTS) is 1. The molecule has 0 saturated carbocycles. The molecule has 0 spiro atoms. The first-order chi connectivity index (χ1) is 7.56. The largest absolute Gasteiger partial charge is 0.478 e. The average Bonchev–Trinajstić information content (AvgIpc) is 2.25. The lowest BCUT2D eigenvalue weighted by Crippen LogP contribution is -2.26. The molecule has 0 aliphatic heterocycles. The van der Waals surface area contributed by atoms with Crippen LogP contribution in [0.1, 0.15) is 24.2 Å². The zero-order valence-corrected chi connectivity index (χ0v) is 9.73. The predicted molar refractivity (Wildman–Crippen MR) is 66.1 cm³/mol. The molecule has 3 heteroatoms. The van der Waals surface area contributed by atoms with E-state index in [4.69, 9.17) is 5.11 Å². The minimum Gasteiger partial charge on any atom is -0.478 e. The van der Waals surface area contributed by atoms with E-state index in [9.17, 15) is 4.79 Å². The van der Waals surface area contributed by atoms with E-state index in [1.54, 1.807) is 12.1 Å². The molecule has 0 heterocycles. The number of rotatable bonds is 5. The number of hydrogen-bond acceptors (Lipinski definition) is 2. The highest BCUT2D eigenvalue weighted by molar-refractivity contribution is 5.94. The van der Waals surface area contributed by atoms with Gasteiger partial charge in [-0.3, -0.25) is 0 Å². The highest BCUT2D eigenvalue weighted by Gasteiger charge is 2.13. The molecule has 1 aromatic rings. The molecule has 0 radical (unpaired) electrons. The van der Waals surface area contributed by atoms with Crippen molar-refractivity contribution in [3.05, 3.63) is 42.0 Å². The molecule has 1 N–H and O–H groups in total. The number of para-hydroxylation sites is 1. The third kappa shape index (κ3) is 2.86. The van der Waals surface area contributed by atoms with Crippen LogP contribution in [0.15, 0.2) is 36.4 Å². The van der Waals surface area contributed by atoms with E-state index in [1.807, 2.05) is 30.9 Å². The van der Waals surface area contributed by atoms with Gasteiger partial charge >= 0.3 is 5.97 Å². The minimum absolute atomic E-state index is 0.339. The van der Waals surface area contributed by atoms with Gasteiger partial charge in [0.2, 0.25) is 0 Å². The summed E-state index contributed by atoms with van der Waals surface area (Å²) < 4.78 is 0. The summed E-state index contributed by atoms with van der Waals surface area (Å²) in [6.07, 6.45) is 0. The van der Waals surface area contributed by atoms with Crippen molar-refractivity contribution in [3.8, 4) is 0 Å². The van der Waals surface area contributed by atoms with Gasteiger partial charge in [-0.05, 0) is 26.0 Å². The summed E-state index contributed by atoms with van der Waals surface area (Å²) in [6.45, 7) is 9.23. The van der Waals surface area contributed by atoms with E-state index >= 15 is 0 Å². The fraction of sp³-hybridized carbons (Fsp3) is 0.308. The van der Waals surface area contributed by atoms with Gasteiger partial charge in [0.25, 0.3) is 0 Å². The van der Waals surface area contributed by atoms with Crippen LogP contribution in [-0.2, 0) is 0 Å². The van der Waals surface area contributed by atoms with Crippen molar-refractivity contribution in [3.63, 3.8) is 0 Å². The summed E-state index contributed by atoms with van der Waals surface area (Å²) in [4.78, 5) is 13.1. The first-order valence-corrected chi connectivity index (χ1v) is 5.28. The number of carbonyl (C=O) groups is 1. The van der Waals surface area contributed by atoms with Crippen LogP contribution in [0.5, 0.6) is 0 Å². The first-order valence-electron chi connectivity index (χ1n) is 5.28. The highest BCUT2D eigenvalue weighted by atomic mass is 16.4. The van der Waals surface area contributed by atoms with Gasteiger partial charge in [0.1, 0.15) is 0 Å². The number of anilines is 1. The Bertz CT molecular complexity index is 399. The second-order valence-electron chi connectivity index (χ2n) is 3.79. The minimum atomic E-state index is -0.893. The second kappa shape index (κ2) is 5.35. The topological polar surface area (TPSA) is 40.5 Å². The highest BCUT2D eigenvalue weighted by Crippen LogP contribution is 2.20. The number of nitrogens with zero attached hydrogens (tertiary/aromatic N) is 1. The van der Waals surface area contributed by atoms with Crippen molar-refractivity contribution >= 4 is 11.7 Å². The molecule has 1 rings (SSSR count). The second-order valence-corrected chi connectivity index (χ2v) is 3.79. The number of aromatic carboxylic acids is 1. The summed E-state index contributed by atoms with van der Waals surface area (Å²) in [5.74, 6) is -0.893. The predicted octanol–water partition coefficient (Wildman–Crippen LogP) is 2.79. The fourth-order valence-corrected chi connectivity index (χ4v) is 1.62. The zero-order chi connectivity index (χ0) is 12.1. The van der Waals surface area contributed by atoms with Crippen LogP contribution < -0.4 is 4.90 Å². The molecule has 0 unspecified atom stereocenters. The van der Waals surface area contributed by atoms with E-state index in [1.165, 1.54) is 0 Å². The van der Waals surface area contributed by atoms with Gasteiger partial charge in [-0.2, -0.15) is 0 Å². The average molecular weight is 219 g/mol. The van der Waals surface area contributed by atoms with Crippen molar-refractivity contribution < 1.29 is 9.90 Å². The Balaban J connectivity index is 3.08. The van der Waals surface area contributed by atoms with E-state index in [2.05, 4.69) is 6.58 Å². The molecule has 0 atom stereocenters. The van der Waals surface area contributed by atoms with Crippen molar-refractivity contribution in [2.75, 3.05) is 18.0 Å². The van der Waals surface area contributed by atoms with Gasteiger partial charge in [-0.25, -0.2) is 4.79 Å². The Morgan fingerprint density at radius 1 is 1.44 bits per heavy atom. The van der Waals surface area contributed by atoms with Gasteiger partial charge < -0.3 is 10.0 Å². The van der Waals surface area contributed by atoms with Crippen LogP contribution in [0.3, 0.4) is 0 Å². The molecule has 86 valence electrons. The third-order valence-electron chi connectivity index (χ3n) is 2.32. The fourth-order valence-electron chi connectivity index (χ4n) is 1.62. The molecule has 16 heavy (non-hydrogen) atoms. The number of benzene rings is 1. The van der Waals surface area contributed by atoms with Crippen molar-refractivity contribution in [1.29, 1.82) is 0 Å². The van der Waals surface area contributed by atoms with Crippen LogP contribution in [0.2, 0.25) is 0 Å². The molecule has 3 nitrogen and oxygen atoms in total. The number of hydrogen-bond donors (Lipinski definition) is 1. The molecule has 0 amide bonds. The Labute approximate surface area is 96.0 Å². The van der Waals surface area contributed by atoms with Crippen molar-refractivity contribution in [2.45, 2.75) is 13.8 Å². The van der Waals surface area contributed by atoms with E-state index in [0.717, 1.165) is 17.8 Å². The van der Waals surface area contributed by atoms with Crippen LogP contribution in [0, 0.1) is 0 Å². The van der Waals surface area contributed by atoms with Crippen LogP contribution >= 0.6 is 0 Å². The molecular formula is C13H17NO2. The Morgan fingerprint density at radius 3 is 2.56 bits per heavy atom. The summed E-state index contributed by atoms with van der Waals surface area (Å²) >= 11 is 0. The Morgan fingerprint density at radius 2 is 2.06 bits per heavy atom. The summed E-state index contributed by atoms with van der Waals surface area (Å²) in [6, 6.07) is 7.04. The normalized spacial score (nSPS) is 9.88. The van der Waals surface area contributed by atoms with E-state index in [-0.39, 0.29) is 0 Å². The zero-order valence-electron chi connectivity index (χ0n) is 9.73. The smallest absolute Gasteiger partial charge is 0.337 e. The SMILES string of the molecule is C=C(C)CN(CC)c1ccccc1C(=O)O. The molecular weight excluding hydrogens is 202 g/mol. The van der Waals surface area contributed by atoms with Crippen LogP contribution in [-0.4, -0.2) is 24.2 Å². The van der Waals surface area contributed by atoms with Crippen molar-refractivity contribution in [2.24, 2.45) is 0 Å². The quantitative estimate of drug-likeness (QED) is 0.774. The van der Waals surface area contributed by atoms with Gasteiger partial charge in [-0.15, -0.1) is 0 Å². The molecule has 0 aromatic heterocycles.